The van der Waals surface area contributed by atoms with Gasteiger partial charge in [0.2, 0.25) is 0 Å². The Bertz CT molecular complexity index is 607. The van der Waals surface area contributed by atoms with Crippen molar-refractivity contribution < 1.29 is 0 Å². The van der Waals surface area contributed by atoms with Gasteiger partial charge >= 0.3 is 0 Å². The Balaban J connectivity index is 3.92. The molecule has 1 heteroatoms. The standard InChI is InChI=1S/C17H21N/c1-6-10-14-15(11-7-2)17(13-9-4)18(5)16(14)12-8-3/h6-13H,1,3H2,2,4-5H3/b11-7-,13-9-,14-10-,16-12+. The second kappa shape index (κ2) is 6.65. The average Bonchev–Trinajstić information content (AvgIpc) is 2.58. The summed E-state index contributed by atoms with van der Waals surface area (Å²) >= 11 is 0. The summed E-state index contributed by atoms with van der Waals surface area (Å²) < 4.78 is 2.17. The highest BCUT2D eigenvalue weighted by Crippen LogP contribution is 2.07. The van der Waals surface area contributed by atoms with E-state index in [2.05, 4.69) is 49.1 Å². The van der Waals surface area contributed by atoms with Crippen LogP contribution in [0.3, 0.4) is 0 Å². The first-order valence-corrected chi connectivity index (χ1v) is 6.10. The third-order valence-corrected chi connectivity index (χ3v) is 2.78. The summed E-state index contributed by atoms with van der Waals surface area (Å²) in [4.78, 5) is 0. The number of rotatable bonds is 4. The maximum atomic E-state index is 3.80. The fourth-order valence-electron chi connectivity index (χ4n) is 2.07. The average molecular weight is 239 g/mol. The SMILES string of the molecule is C=C/C=c1/c(/C=C\C)c(/C=C\C)n(C)/c1=C/C=C. The lowest BCUT2D eigenvalue weighted by Crippen LogP contribution is -2.28. The topological polar surface area (TPSA) is 4.93 Å². The van der Waals surface area contributed by atoms with Crippen LogP contribution in [0.15, 0.2) is 37.5 Å². The molecule has 0 fully saturated rings. The Morgan fingerprint density at radius 1 is 0.944 bits per heavy atom. The van der Waals surface area contributed by atoms with Gasteiger partial charge in [0.25, 0.3) is 0 Å². The van der Waals surface area contributed by atoms with Gasteiger partial charge in [-0.15, -0.1) is 0 Å². The summed E-state index contributed by atoms with van der Waals surface area (Å²) in [7, 11) is 2.07. The molecule has 0 aliphatic carbocycles. The van der Waals surface area contributed by atoms with Gasteiger partial charge in [-0.2, -0.15) is 0 Å². The van der Waals surface area contributed by atoms with Gasteiger partial charge in [-0.3, -0.25) is 0 Å². The highest BCUT2D eigenvalue weighted by molar-refractivity contribution is 5.66. The van der Waals surface area contributed by atoms with Crippen LogP contribution in [0.2, 0.25) is 0 Å². The Labute approximate surface area is 109 Å². The van der Waals surface area contributed by atoms with Crippen molar-refractivity contribution in [2.75, 3.05) is 0 Å². The second-order valence-electron chi connectivity index (χ2n) is 3.96. The minimum atomic E-state index is 1.14. The van der Waals surface area contributed by atoms with Crippen LogP contribution in [-0.4, -0.2) is 4.57 Å². The van der Waals surface area contributed by atoms with E-state index in [1.54, 1.807) is 0 Å². The Hall–Kier alpha value is -2.02. The minimum absolute atomic E-state index is 1.14. The van der Waals surface area contributed by atoms with Crippen molar-refractivity contribution in [3.8, 4) is 0 Å². The summed E-state index contributed by atoms with van der Waals surface area (Å²) in [6.45, 7) is 11.6. The monoisotopic (exact) mass is 239 g/mol. The molecule has 0 unspecified atom stereocenters. The van der Waals surface area contributed by atoms with E-state index in [0.717, 1.165) is 5.35 Å². The fourth-order valence-corrected chi connectivity index (χ4v) is 2.07. The summed E-state index contributed by atoms with van der Waals surface area (Å²) in [5, 5.41) is 2.32. The predicted octanol–water partition coefficient (Wildman–Crippen LogP) is 3.02. The molecule has 0 aliphatic heterocycles. The summed E-state index contributed by atoms with van der Waals surface area (Å²) in [6, 6.07) is 0. The van der Waals surface area contributed by atoms with Crippen molar-refractivity contribution >= 4 is 24.3 Å². The highest BCUT2D eigenvalue weighted by Gasteiger charge is 2.06. The van der Waals surface area contributed by atoms with E-state index in [1.165, 1.54) is 16.5 Å². The number of hydrogen-bond acceptors (Lipinski definition) is 0. The molecule has 0 saturated heterocycles. The van der Waals surface area contributed by atoms with Crippen LogP contribution in [-0.2, 0) is 7.05 Å². The van der Waals surface area contributed by atoms with Crippen LogP contribution in [0.4, 0.5) is 0 Å². The molecule has 1 aromatic heterocycles. The van der Waals surface area contributed by atoms with E-state index in [4.69, 9.17) is 0 Å². The zero-order chi connectivity index (χ0) is 13.5. The first kappa shape index (κ1) is 14.0. The molecule has 0 saturated carbocycles. The van der Waals surface area contributed by atoms with E-state index < -0.39 is 0 Å². The molecule has 1 heterocycles. The van der Waals surface area contributed by atoms with Crippen LogP contribution < -0.4 is 10.6 Å². The molecule has 1 rings (SSSR count). The molecular formula is C17H21N. The van der Waals surface area contributed by atoms with Gasteiger partial charge in [-0.05, 0) is 26.0 Å². The van der Waals surface area contributed by atoms with Gasteiger partial charge in [0.1, 0.15) is 0 Å². The molecule has 0 aliphatic rings. The second-order valence-corrected chi connectivity index (χ2v) is 3.96. The molecule has 94 valence electrons. The summed E-state index contributed by atoms with van der Waals surface area (Å²) in [5.74, 6) is 0. The van der Waals surface area contributed by atoms with Crippen molar-refractivity contribution in [1.29, 1.82) is 0 Å². The molecule has 0 radical (unpaired) electrons. The lowest BCUT2D eigenvalue weighted by Gasteiger charge is -1.98. The molecule has 0 atom stereocenters. The normalized spacial score (nSPS) is 13.9. The largest absolute Gasteiger partial charge is 0.344 e. The summed E-state index contributed by atoms with van der Waals surface area (Å²) in [5.41, 5.74) is 2.41. The zero-order valence-electron chi connectivity index (χ0n) is 11.5. The lowest BCUT2D eigenvalue weighted by atomic mass is 10.1. The van der Waals surface area contributed by atoms with Crippen molar-refractivity contribution in [1.82, 2.24) is 4.57 Å². The van der Waals surface area contributed by atoms with Gasteiger partial charge < -0.3 is 4.57 Å². The van der Waals surface area contributed by atoms with Crippen molar-refractivity contribution in [3.05, 3.63) is 59.3 Å². The van der Waals surface area contributed by atoms with Crippen LogP contribution in [0.5, 0.6) is 0 Å². The van der Waals surface area contributed by atoms with Crippen molar-refractivity contribution in [3.63, 3.8) is 0 Å². The molecule has 1 nitrogen and oxygen atoms in total. The van der Waals surface area contributed by atoms with Crippen molar-refractivity contribution in [2.24, 2.45) is 7.05 Å². The molecule has 0 spiro atoms. The van der Waals surface area contributed by atoms with Gasteiger partial charge in [0.15, 0.2) is 0 Å². The molecule has 0 amide bonds. The highest BCUT2D eigenvalue weighted by atomic mass is 14.9. The van der Waals surface area contributed by atoms with E-state index in [0.29, 0.717) is 0 Å². The van der Waals surface area contributed by atoms with Gasteiger partial charge in [0.05, 0.1) is 0 Å². The number of nitrogens with zero attached hydrogens (tertiary/aromatic N) is 1. The molecule has 18 heavy (non-hydrogen) atoms. The fraction of sp³-hybridized carbons (Fsp3) is 0.176. The van der Waals surface area contributed by atoms with E-state index >= 15 is 0 Å². The molecule has 0 bridgehead atoms. The van der Waals surface area contributed by atoms with Crippen LogP contribution >= 0.6 is 0 Å². The molecular weight excluding hydrogens is 218 g/mol. The lowest BCUT2D eigenvalue weighted by molar-refractivity contribution is 0.877. The maximum Gasteiger partial charge on any atom is 0.0488 e. The first-order chi connectivity index (χ1) is 8.71. The summed E-state index contributed by atoms with van der Waals surface area (Å²) in [6.07, 6.45) is 16.1. The third-order valence-electron chi connectivity index (χ3n) is 2.78. The Morgan fingerprint density at radius 2 is 1.56 bits per heavy atom. The van der Waals surface area contributed by atoms with Gasteiger partial charge in [-0.1, -0.05) is 49.6 Å². The molecule has 0 N–H and O–H groups in total. The number of allylic oxidation sites excluding steroid dienone is 4. The van der Waals surface area contributed by atoms with Crippen LogP contribution in [0.25, 0.3) is 24.3 Å². The number of aromatic nitrogens is 1. The Kier molecular flexibility index (Phi) is 5.19. The number of hydrogen-bond donors (Lipinski definition) is 0. The van der Waals surface area contributed by atoms with Gasteiger partial charge in [-0.25, -0.2) is 0 Å². The minimum Gasteiger partial charge on any atom is -0.344 e. The van der Waals surface area contributed by atoms with Crippen molar-refractivity contribution in [2.45, 2.75) is 13.8 Å². The zero-order valence-corrected chi connectivity index (χ0v) is 11.5. The Morgan fingerprint density at radius 3 is 2.06 bits per heavy atom. The molecule has 1 aromatic rings. The third kappa shape index (κ3) is 2.62. The quantitative estimate of drug-likeness (QED) is 0.761. The van der Waals surface area contributed by atoms with E-state index in [-0.39, 0.29) is 0 Å². The van der Waals surface area contributed by atoms with Crippen LogP contribution in [0.1, 0.15) is 25.1 Å². The maximum absolute atomic E-state index is 3.80. The predicted molar refractivity (Wildman–Crippen MR) is 83.4 cm³/mol. The van der Waals surface area contributed by atoms with Gasteiger partial charge in [0, 0.05) is 28.9 Å². The van der Waals surface area contributed by atoms with E-state index in [1.807, 2.05) is 38.2 Å². The molecule has 0 aromatic carbocycles. The van der Waals surface area contributed by atoms with E-state index in [9.17, 15) is 0 Å². The first-order valence-electron chi connectivity index (χ1n) is 6.10. The van der Waals surface area contributed by atoms with Crippen LogP contribution in [0, 0.1) is 0 Å². The smallest absolute Gasteiger partial charge is 0.0488 e.